The van der Waals surface area contributed by atoms with E-state index in [9.17, 15) is 4.79 Å². The number of hydrogen-bond donors (Lipinski definition) is 1. The first-order valence-electron chi connectivity index (χ1n) is 7.46. The van der Waals surface area contributed by atoms with E-state index in [0.717, 1.165) is 27.5 Å². The van der Waals surface area contributed by atoms with Crippen LogP contribution in [0.4, 0.5) is 0 Å². The molecule has 1 atom stereocenters. The minimum absolute atomic E-state index is 0.0809. The summed E-state index contributed by atoms with van der Waals surface area (Å²) < 4.78 is 0. The van der Waals surface area contributed by atoms with Crippen LogP contribution >= 0.6 is 35.1 Å². The Morgan fingerprint density at radius 3 is 2.67 bits per heavy atom. The largest absolute Gasteiger partial charge is 0.354 e. The quantitative estimate of drug-likeness (QED) is 0.579. The van der Waals surface area contributed by atoms with E-state index in [1.165, 1.54) is 25.7 Å². The summed E-state index contributed by atoms with van der Waals surface area (Å²) in [5, 5.41) is 4.50. The minimum atomic E-state index is -0.0809. The molecule has 5 heteroatoms. The van der Waals surface area contributed by atoms with Crippen molar-refractivity contribution in [2.75, 3.05) is 12.3 Å². The molecule has 1 amide bonds. The summed E-state index contributed by atoms with van der Waals surface area (Å²) in [6.07, 6.45) is 5.44. The van der Waals surface area contributed by atoms with Crippen molar-refractivity contribution >= 4 is 41.0 Å². The van der Waals surface area contributed by atoms with E-state index in [4.69, 9.17) is 11.6 Å². The number of carbonyl (C=O) groups excluding carboxylic acids is 1. The minimum Gasteiger partial charge on any atom is -0.354 e. The van der Waals surface area contributed by atoms with Crippen molar-refractivity contribution in [3.05, 3.63) is 29.3 Å². The zero-order valence-electron chi connectivity index (χ0n) is 12.3. The van der Waals surface area contributed by atoms with Gasteiger partial charge in [-0.1, -0.05) is 24.4 Å². The van der Waals surface area contributed by atoms with E-state index in [1.807, 2.05) is 43.0 Å². The smallest absolute Gasteiger partial charge is 0.233 e. The number of amides is 1. The summed E-state index contributed by atoms with van der Waals surface area (Å²) in [4.78, 5) is 13.1. The highest BCUT2D eigenvalue weighted by molar-refractivity contribution is 8.00. The van der Waals surface area contributed by atoms with Gasteiger partial charge in [-0.3, -0.25) is 4.79 Å². The average Bonchev–Trinajstić information content (AvgIpc) is 2.99. The highest BCUT2D eigenvalue weighted by Gasteiger charge is 2.16. The van der Waals surface area contributed by atoms with Crippen molar-refractivity contribution in [2.24, 2.45) is 0 Å². The highest BCUT2D eigenvalue weighted by atomic mass is 35.5. The van der Waals surface area contributed by atoms with Gasteiger partial charge in [-0.25, -0.2) is 0 Å². The van der Waals surface area contributed by atoms with Crippen molar-refractivity contribution in [3.63, 3.8) is 0 Å². The molecule has 0 saturated heterocycles. The van der Waals surface area contributed by atoms with E-state index in [0.29, 0.717) is 0 Å². The zero-order chi connectivity index (χ0) is 15.1. The molecule has 1 fully saturated rings. The normalized spacial score (nSPS) is 16.9. The third-order valence-corrected chi connectivity index (χ3v) is 6.30. The second kappa shape index (κ2) is 8.96. The molecule has 1 aromatic rings. The maximum atomic E-state index is 12.0. The second-order valence-electron chi connectivity index (χ2n) is 5.28. The fourth-order valence-corrected chi connectivity index (χ4v) is 4.61. The molecule has 0 aromatic heterocycles. The molecule has 0 radical (unpaired) electrons. The van der Waals surface area contributed by atoms with Gasteiger partial charge < -0.3 is 5.32 Å². The molecule has 2 rings (SSSR count). The predicted molar refractivity (Wildman–Crippen MR) is 94.5 cm³/mol. The Kier molecular flexibility index (Phi) is 7.27. The SMILES string of the molecule is C[C@@H](Sc1ccc(Cl)cc1)C(=O)NCCSC1CCCC1. The lowest BCUT2D eigenvalue weighted by molar-refractivity contribution is -0.120. The van der Waals surface area contributed by atoms with E-state index >= 15 is 0 Å². The summed E-state index contributed by atoms with van der Waals surface area (Å²) in [5.41, 5.74) is 0. The fourth-order valence-electron chi connectivity index (χ4n) is 2.37. The van der Waals surface area contributed by atoms with Gasteiger partial charge in [0.25, 0.3) is 0 Å². The summed E-state index contributed by atoms with van der Waals surface area (Å²) in [6.45, 7) is 2.71. The fraction of sp³-hybridized carbons (Fsp3) is 0.562. The van der Waals surface area contributed by atoms with Crippen molar-refractivity contribution < 1.29 is 4.79 Å². The molecule has 1 saturated carbocycles. The number of benzene rings is 1. The topological polar surface area (TPSA) is 29.1 Å². The summed E-state index contributed by atoms with van der Waals surface area (Å²) in [5.74, 6) is 1.14. The predicted octanol–water partition coefficient (Wildman–Crippen LogP) is 4.61. The number of rotatable bonds is 7. The highest BCUT2D eigenvalue weighted by Crippen LogP contribution is 2.29. The Bertz CT molecular complexity index is 446. The molecule has 0 bridgehead atoms. The Balaban J connectivity index is 1.63. The summed E-state index contributed by atoms with van der Waals surface area (Å²) in [6, 6.07) is 7.61. The monoisotopic (exact) mass is 343 g/mol. The van der Waals surface area contributed by atoms with Crippen LogP contribution in [0.1, 0.15) is 32.6 Å². The van der Waals surface area contributed by atoms with Gasteiger partial charge in [-0.15, -0.1) is 11.8 Å². The lowest BCUT2D eigenvalue weighted by atomic mass is 10.4. The van der Waals surface area contributed by atoms with Crippen LogP contribution in [0.25, 0.3) is 0 Å². The molecular formula is C16H22ClNOS2. The summed E-state index contributed by atoms with van der Waals surface area (Å²) >= 11 is 9.43. The van der Waals surface area contributed by atoms with Gasteiger partial charge in [0.05, 0.1) is 5.25 Å². The molecule has 1 aromatic carbocycles. The van der Waals surface area contributed by atoms with E-state index in [-0.39, 0.29) is 11.2 Å². The maximum absolute atomic E-state index is 12.0. The molecule has 2 nitrogen and oxygen atoms in total. The molecule has 0 spiro atoms. The Morgan fingerprint density at radius 1 is 1.33 bits per heavy atom. The van der Waals surface area contributed by atoms with E-state index in [2.05, 4.69) is 5.32 Å². The van der Waals surface area contributed by atoms with Crippen LogP contribution < -0.4 is 5.32 Å². The molecule has 1 N–H and O–H groups in total. The first-order valence-corrected chi connectivity index (χ1v) is 9.77. The third-order valence-electron chi connectivity index (χ3n) is 3.55. The van der Waals surface area contributed by atoms with Crippen LogP contribution in [0.5, 0.6) is 0 Å². The van der Waals surface area contributed by atoms with E-state index in [1.54, 1.807) is 11.8 Å². The molecule has 0 aliphatic heterocycles. The third kappa shape index (κ3) is 6.13. The first-order chi connectivity index (χ1) is 10.1. The number of thioether (sulfide) groups is 2. The molecular weight excluding hydrogens is 322 g/mol. The van der Waals surface area contributed by atoms with Crippen LogP contribution in [0.3, 0.4) is 0 Å². The average molecular weight is 344 g/mol. The number of hydrogen-bond acceptors (Lipinski definition) is 3. The Hall–Kier alpha value is -0.320. The van der Waals surface area contributed by atoms with Crippen molar-refractivity contribution in [1.82, 2.24) is 5.32 Å². The molecule has 0 unspecified atom stereocenters. The molecule has 116 valence electrons. The molecule has 21 heavy (non-hydrogen) atoms. The summed E-state index contributed by atoms with van der Waals surface area (Å²) in [7, 11) is 0. The number of halogens is 1. The van der Waals surface area contributed by atoms with Crippen molar-refractivity contribution in [2.45, 2.75) is 48.0 Å². The zero-order valence-corrected chi connectivity index (χ0v) is 14.7. The van der Waals surface area contributed by atoms with Crippen LogP contribution in [-0.2, 0) is 4.79 Å². The standard InChI is InChI=1S/C16H22ClNOS2/c1-12(21-15-8-6-13(17)7-9-15)16(19)18-10-11-20-14-4-2-3-5-14/h6-9,12,14H,2-5,10-11H2,1H3,(H,18,19)/t12-/m1/s1. The van der Waals surface area contributed by atoms with E-state index < -0.39 is 0 Å². The second-order valence-corrected chi connectivity index (χ2v) is 8.54. The van der Waals surface area contributed by atoms with Gasteiger partial charge in [-0.05, 0) is 44.0 Å². The maximum Gasteiger partial charge on any atom is 0.233 e. The van der Waals surface area contributed by atoms with Gasteiger partial charge in [0.15, 0.2) is 0 Å². The van der Waals surface area contributed by atoms with Gasteiger partial charge >= 0.3 is 0 Å². The number of nitrogens with one attached hydrogen (secondary N) is 1. The van der Waals surface area contributed by atoms with Gasteiger partial charge in [0.1, 0.15) is 0 Å². The van der Waals surface area contributed by atoms with Crippen molar-refractivity contribution in [3.8, 4) is 0 Å². The van der Waals surface area contributed by atoms with Gasteiger partial charge in [0, 0.05) is 27.5 Å². The van der Waals surface area contributed by atoms with Crippen LogP contribution in [0, 0.1) is 0 Å². The number of carbonyl (C=O) groups is 1. The molecule has 1 aliphatic rings. The molecule has 1 aliphatic carbocycles. The first kappa shape index (κ1) is 17.0. The van der Waals surface area contributed by atoms with Gasteiger partial charge in [-0.2, -0.15) is 11.8 Å². The van der Waals surface area contributed by atoms with Crippen LogP contribution in [0.2, 0.25) is 5.02 Å². The Labute approximate surface area is 140 Å². The lowest BCUT2D eigenvalue weighted by Gasteiger charge is -2.13. The lowest BCUT2D eigenvalue weighted by Crippen LogP contribution is -2.32. The van der Waals surface area contributed by atoms with Gasteiger partial charge in [0.2, 0.25) is 5.91 Å². The molecule has 0 heterocycles. The van der Waals surface area contributed by atoms with Crippen LogP contribution in [-0.4, -0.2) is 28.7 Å². The Morgan fingerprint density at radius 2 is 2.00 bits per heavy atom. The van der Waals surface area contributed by atoms with Crippen molar-refractivity contribution in [1.29, 1.82) is 0 Å². The van der Waals surface area contributed by atoms with Crippen LogP contribution in [0.15, 0.2) is 29.2 Å².